The van der Waals surface area contributed by atoms with Gasteiger partial charge in [0.05, 0.1) is 24.8 Å². The molecule has 170 valence electrons. The number of hydroxylamine groups is 2. The number of benzene rings is 1. The molecule has 2 fully saturated rings. The lowest BCUT2D eigenvalue weighted by Gasteiger charge is -2.27. The van der Waals surface area contributed by atoms with Crippen molar-refractivity contribution in [3.63, 3.8) is 0 Å². The summed E-state index contributed by atoms with van der Waals surface area (Å²) in [6.07, 6.45) is 0.693. The van der Waals surface area contributed by atoms with Crippen molar-refractivity contribution < 1.29 is 36.0 Å². The molecule has 12 heteroatoms. The van der Waals surface area contributed by atoms with Crippen molar-refractivity contribution in [2.24, 2.45) is 11.1 Å². The van der Waals surface area contributed by atoms with Crippen LogP contribution in [0.25, 0.3) is 0 Å². The molecule has 0 saturated carbocycles. The number of fused-ring (bicyclic) bond motifs is 2. The second kappa shape index (κ2) is 8.81. The molecule has 0 radical (unpaired) electrons. The Hall–Kier alpha value is -2.70. The molecule has 2 aliphatic heterocycles. The smallest absolute Gasteiger partial charge is 0.421 e. The minimum atomic E-state index is -4.58. The number of nitrogens with zero attached hydrogens (tertiary/aromatic N) is 2. The summed E-state index contributed by atoms with van der Waals surface area (Å²) in [6, 6.07) is 6.30. The van der Waals surface area contributed by atoms with Gasteiger partial charge in [-0.05, 0) is 25.0 Å². The number of nitrogens with two attached hydrogens (primary N) is 1. The van der Waals surface area contributed by atoms with Gasteiger partial charge in [-0.2, -0.15) is 13.5 Å². The van der Waals surface area contributed by atoms with Crippen LogP contribution in [-0.2, 0) is 28.4 Å². The van der Waals surface area contributed by atoms with Gasteiger partial charge in [0, 0.05) is 12.0 Å². The van der Waals surface area contributed by atoms with Crippen molar-refractivity contribution >= 4 is 28.3 Å². The zero-order chi connectivity index (χ0) is 22.8. The first-order valence-corrected chi connectivity index (χ1v) is 11.0. The highest BCUT2D eigenvalue weighted by Crippen LogP contribution is 2.31. The van der Waals surface area contributed by atoms with Crippen molar-refractivity contribution in [1.29, 1.82) is 0 Å². The molecule has 2 atom stereocenters. The Balaban J connectivity index is 1.53. The lowest BCUT2D eigenvalue weighted by Crippen LogP contribution is -2.47. The highest BCUT2D eigenvalue weighted by molar-refractivity contribution is 7.81. The molecule has 1 aromatic rings. The Labute approximate surface area is 180 Å². The zero-order valence-electron chi connectivity index (χ0n) is 17.2. The number of amides is 3. The maximum absolute atomic E-state index is 12.4. The molecule has 1 aromatic carbocycles. The number of rotatable bonds is 9. The van der Waals surface area contributed by atoms with Crippen LogP contribution in [0.2, 0.25) is 0 Å². The van der Waals surface area contributed by atoms with Gasteiger partial charge in [0.1, 0.15) is 6.04 Å². The van der Waals surface area contributed by atoms with Crippen LogP contribution in [0.15, 0.2) is 30.3 Å². The molecule has 1 unspecified atom stereocenters. The average molecular weight is 455 g/mol. The minimum absolute atomic E-state index is 0.102. The summed E-state index contributed by atoms with van der Waals surface area (Å²) in [7, 11) is -4.58. The van der Waals surface area contributed by atoms with E-state index in [9.17, 15) is 22.8 Å². The summed E-state index contributed by atoms with van der Waals surface area (Å²) < 4.78 is 39.6. The largest absolute Gasteiger partial charge is 0.461 e. The molecule has 0 aromatic heterocycles. The number of urea groups is 1. The Bertz CT molecular complexity index is 950. The van der Waals surface area contributed by atoms with Gasteiger partial charge in [-0.3, -0.25) is 4.79 Å². The third-order valence-electron chi connectivity index (χ3n) is 5.02. The molecule has 0 spiro atoms. The Morgan fingerprint density at radius 2 is 1.84 bits per heavy atom. The maximum atomic E-state index is 12.4. The summed E-state index contributed by atoms with van der Waals surface area (Å²) in [5.74, 6) is -1.19. The number of hydrogen-bond donors (Lipinski definition) is 1. The second-order valence-corrected chi connectivity index (χ2v) is 9.46. The molecule has 31 heavy (non-hydrogen) atoms. The summed E-state index contributed by atoms with van der Waals surface area (Å²) in [4.78, 5) is 37.2. The molecule has 2 heterocycles. The monoisotopic (exact) mass is 455 g/mol. The van der Waals surface area contributed by atoms with E-state index in [1.807, 2.05) is 0 Å². The van der Waals surface area contributed by atoms with Gasteiger partial charge in [0.15, 0.2) is 0 Å². The Kier molecular flexibility index (Phi) is 6.53. The van der Waals surface area contributed by atoms with Crippen molar-refractivity contribution in [3.8, 4) is 0 Å². The van der Waals surface area contributed by atoms with E-state index < -0.39 is 45.8 Å². The number of primary amides is 1. The van der Waals surface area contributed by atoms with Crippen LogP contribution in [0.5, 0.6) is 0 Å². The molecular weight excluding hydrogens is 430 g/mol. The first-order valence-electron chi connectivity index (χ1n) is 9.69. The fourth-order valence-electron chi connectivity index (χ4n) is 3.34. The van der Waals surface area contributed by atoms with E-state index in [0.29, 0.717) is 23.5 Å². The van der Waals surface area contributed by atoms with Crippen LogP contribution in [-0.4, -0.2) is 68.1 Å². The minimum Gasteiger partial charge on any atom is -0.461 e. The van der Waals surface area contributed by atoms with E-state index in [1.54, 1.807) is 44.2 Å². The van der Waals surface area contributed by atoms with Gasteiger partial charge in [-0.15, -0.1) is 4.28 Å². The molecule has 0 aliphatic carbocycles. The van der Waals surface area contributed by atoms with Crippen molar-refractivity contribution in [1.82, 2.24) is 9.96 Å². The fourth-order valence-corrected chi connectivity index (χ4v) is 4.23. The lowest BCUT2D eigenvalue weighted by atomic mass is 9.96. The second-order valence-electron chi connectivity index (χ2n) is 8.26. The first-order chi connectivity index (χ1) is 14.5. The predicted molar refractivity (Wildman–Crippen MR) is 106 cm³/mol. The van der Waals surface area contributed by atoms with Gasteiger partial charge >= 0.3 is 22.4 Å². The van der Waals surface area contributed by atoms with Crippen molar-refractivity contribution in [2.75, 3.05) is 19.8 Å². The molecule has 3 rings (SSSR count). The van der Waals surface area contributed by atoms with Gasteiger partial charge < -0.3 is 15.4 Å². The van der Waals surface area contributed by atoms with Gasteiger partial charge in [0.25, 0.3) is 0 Å². The SMILES string of the molecule is CC(C)(COC(=O)c1ccccc1)COS(=O)(=O)ON1C(=O)N2CC1CC[C@H]2C(N)=O. The third kappa shape index (κ3) is 5.51. The third-order valence-corrected chi connectivity index (χ3v) is 5.77. The first kappa shape index (κ1) is 23.0. The Morgan fingerprint density at radius 3 is 2.48 bits per heavy atom. The number of carbonyl (C=O) groups is 3. The molecule has 2 bridgehead atoms. The molecule has 2 saturated heterocycles. The summed E-state index contributed by atoms with van der Waals surface area (Å²) >= 11 is 0. The number of carbonyl (C=O) groups excluding carboxylic acids is 3. The molecule has 2 aliphatic rings. The van der Waals surface area contributed by atoms with Crippen LogP contribution in [0.1, 0.15) is 37.0 Å². The lowest BCUT2D eigenvalue weighted by molar-refractivity contribution is -0.122. The molecule has 3 amide bonds. The Morgan fingerprint density at radius 1 is 1.16 bits per heavy atom. The van der Waals surface area contributed by atoms with E-state index in [2.05, 4.69) is 0 Å². The van der Waals surface area contributed by atoms with Crippen LogP contribution in [0.4, 0.5) is 4.79 Å². The van der Waals surface area contributed by atoms with E-state index in [4.69, 9.17) is 18.9 Å². The van der Waals surface area contributed by atoms with E-state index >= 15 is 0 Å². The van der Waals surface area contributed by atoms with E-state index in [-0.39, 0.29) is 19.8 Å². The summed E-state index contributed by atoms with van der Waals surface area (Å²) in [6.45, 7) is 2.99. The average Bonchev–Trinajstić information content (AvgIpc) is 2.95. The zero-order valence-corrected chi connectivity index (χ0v) is 18.0. The fraction of sp³-hybridized carbons (Fsp3) is 0.526. The van der Waals surface area contributed by atoms with Crippen LogP contribution >= 0.6 is 0 Å². The van der Waals surface area contributed by atoms with Crippen LogP contribution < -0.4 is 5.73 Å². The molecule has 2 N–H and O–H groups in total. The quantitative estimate of drug-likeness (QED) is 0.539. The number of ether oxygens (including phenoxy) is 1. The van der Waals surface area contributed by atoms with Crippen LogP contribution in [0.3, 0.4) is 0 Å². The highest BCUT2D eigenvalue weighted by atomic mass is 32.3. The molecular formula is C19H25N3O8S. The summed E-state index contributed by atoms with van der Waals surface area (Å²) in [5, 5.41) is 0.709. The van der Waals surface area contributed by atoms with Crippen molar-refractivity contribution in [3.05, 3.63) is 35.9 Å². The standard InChI is InChI=1S/C19H25N3O8S/c1-19(2,11-28-17(24)13-6-4-3-5-7-13)12-29-31(26,27)30-22-14-8-9-15(16(20)23)21(10-14)18(22)25/h3-7,14-15H,8-12H2,1-2H3,(H2,20,23)/t14?,15-/m0/s1. The van der Waals surface area contributed by atoms with Gasteiger partial charge in [-0.25, -0.2) is 13.8 Å². The normalized spacial score (nSPS) is 21.3. The maximum Gasteiger partial charge on any atom is 0.421 e. The predicted octanol–water partition coefficient (Wildman–Crippen LogP) is 0.817. The number of esters is 1. The number of piperidine rings is 1. The highest BCUT2D eigenvalue weighted by Gasteiger charge is 2.49. The number of hydrogen-bond acceptors (Lipinski definition) is 8. The van der Waals surface area contributed by atoms with Crippen LogP contribution in [0, 0.1) is 5.41 Å². The van der Waals surface area contributed by atoms with E-state index in [0.717, 1.165) is 0 Å². The van der Waals surface area contributed by atoms with Gasteiger partial charge in [0.2, 0.25) is 5.91 Å². The van der Waals surface area contributed by atoms with E-state index in [1.165, 1.54) is 4.90 Å². The molecule has 11 nitrogen and oxygen atoms in total. The topological polar surface area (TPSA) is 146 Å². The van der Waals surface area contributed by atoms with Crippen molar-refractivity contribution in [2.45, 2.75) is 38.8 Å². The van der Waals surface area contributed by atoms with Gasteiger partial charge in [-0.1, -0.05) is 32.0 Å². The summed E-state index contributed by atoms with van der Waals surface area (Å²) in [5.41, 5.74) is 4.82.